The topological polar surface area (TPSA) is 29.3 Å². The summed E-state index contributed by atoms with van der Waals surface area (Å²) in [6.45, 7) is 9.15. The molecule has 2 rings (SSSR count). The van der Waals surface area contributed by atoms with Gasteiger partial charge in [-0.05, 0) is 57.7 Å². The summed E-state index contributed by atoms with van der Waals surface area (Å²) < 4.78 is 0. The molecule has 1 aromatic rings. The van der Waals surface area contributed by atoms with Gasteiger partial charge < -0.3 is 5.73 Å². The highest BCUT2D eigenvalue weighted by molar-refractivity contribution is 5.24. The predicted molar refractivity (Wildman–Crippen MR) is 86.8 cm³/mol. The summed E-state index contributed by atoms with van der Waals surface area (Å²) in [6.07, 6.45) is 5.37. The first-order valence-electron chi connectivity index (χ1n) is 8.18. The average Bonchev–Trinajstić information content (AvgIpc) is 2.72. The third kappa shape index (κ3) is 3.83. The Hall–Kier alpha value is -0.860. The fourth-order valence-electron chi connectivity index (χ4n) is 3.30. The van der Waals surface area contributed by atoms with Gasteiger partial charge in [-0.3, -0.25) is 4.90 Å². The molecule has 0 spiro atoms. The summed E-state index contributed by atoms with van der Waals surface area (Å²) in [6, 6.07) is 9.24. The molecule has 2 heteroatoms. The second-order valence-corrected chi connectivity index (χ2v) is 6.42. The maximum Gasteiger partial charge on any atom is 0.0450 e. The van der Waals surface area contributed by atoms with E-state index in [4.69, 9.17) is 5.73 Å². The first-order chi connectivity index (χ1) is 9.61. The Morgan fingerprint density at radius 3 is 2.55 bits per heavy atom. The molecule has 1 heterocycles. The van der Waals surface area contributed by atoms with E-state index >= 15 is 0 Å². The molecule has 2 nitrogen and oxygen atoms in total. The van der Waals surface area contributed by atoms with Crippen molar-refractivity contribution in [1.82, 2.24) is 4.90 Å². The SMILES string of the molecule is CCC1CCCN(C(C)C(N)c2ccc(C)cc2)CC1. The second-order valence-electron chi connectivity index (χ2n) is 6.42. The molecule has 2 N–H and O–H groups in total. The van der Waals surface area contributed by atoms with Crippen molar-refractivity contribution in [2.75, 3.05) is 13.1 Å². The van der Waals surface area contributed by atoms with E-state index in [-0.39, 0.29) is 6.04 Å². The normalized spacial score (nSPS) is 24.1. The number of hydrogen-bond donors (Lipinski definition) is 1. The molecule has 0 amide bonds. The van der Waals surface area contributed by atoms with Crippen molar-refractivity contribution in [3.8, 4) is 0 Å². The summed E-state index contributed by atoms with van der Waals surface area (Å²) in [4.78, 5) is 2.60. The molecule has 1 aliphatic heterocycles. The number of nitrogens with two attached hydrogens (primary N) is 1. The lowest BCUT2D eigenvalue weighted by molar-refractivity contribution is 0.188. The molecule has 1 aliphatic rings. The van der Waals surface area contributed by atoms with Crippen LogP contribution in [0.1, 0.15) is 56.7 Å². The first-order valence-corrected chi connectivity index (χ1v) is 8.18. The third-order valence-corrected chi connectivity index (χ3v) is 5.02. The lowest BCUT2D eigenvalue weighted by Crippen LogP contribution is -2.41. The van der Waals surface area contributed by atoms with Crippen LogP contribution in [0.2, 0.25) is 0 Å². The number of nitrogens with zero attached hydrogens (tertiary/aromatic N) is 1. The fraction of sp³-hybridized carbons (Fsp3) is 0.667. The van der Waals surface area contributed by atoms with Crippen LogP contribution in [0, 0.1) is 12.8 Å². The fourth-order valence-corrected chi connectivity index (χ4v) is 3.30. The maximum absolute atomic E-state index is 6.50. The van der Waals surface area contributed by atoms with Crippen LogP contribution in [0.3, 0.4) is 0 Å². The number of benzene rings is 1. The number of hydrogen-bond acceptors (Lipinski definition) is 2. The van der Waals surface area contributed by atoms with Gasteiger partial charge in [-0.1, -0.05) is 43.2 Å². The predicted octanol–water partition coefficient (Wildman–Crippen LogP) is 3.90. The monoisotopic (exact) mass is 274 g/mol. The van der Waals surface area contributed by atoms with Crippen molar-refractivity contribution in [2.24, 2.45) is 11.7 Å². The Labute approximate surface area is 124 Å². The van der Waals surface area contributed by atoms with Crippen molar-refractivity contribution in [2.45, 2.75) is 58.5 Å². The molecule has 3 unspecified atom stereocenters. The van der Waals surface area contributed by atoms with Crippen LogP contribution >= 0.6 is 0 Å². The van der Waals surface area contributed by atoms with Gasteiger partial charge in [0.2, 0.25) is 0 Å². The Bertz CT molecular complexity index is 398. The number of rotatable bonds is 4. The first kappa shape index (κ1) is 15.5. The minimum absolute atomic E-state index is 0.119. The molecule has 20 heavy (non-hydrogen) atoms. The molecule has 1 saturated heterocycles. The van der Waals surface area contributed by atoms with Crippen LogP contribution in [0.25, 0.3) is 0 Å². The highest BCUT2D eigenvalue weighted by Crippen LogP contribution is 2.25. The maximum atomic E-state index is 6.50. The highest BCUT2D eigenvalue weighted by atomic mass is 15.2. The summed E-state index contributed by atoms with van der Waals surface area (Å²) in [5.74, 6) is 0.919. The van der Waals surface area contributed by atoms with E-state index in [1.807, 2.05) is 0 Å². The standard InChI is InChI=1S/C18H30N2/c1-4-16-6-5-12-20(13-11-16)15(3)18(19)17-9-7-14(2)8-10-17/h7-10,15-16,18H,4-6,11-13,19H2,1-3H3. The van der Waals surface area contributed by atoms with Crippen LogP contribution in [-0.2, 0) is 0 Å². The van der Waals surface area contributed by atoms with Crippen molar-refractivity contribution >= 4 is 0 Å². The second kappa shape index (κ2) is 7.24. The van der Waals surface area contributed by atoms with Crippen LogP contribution in [0.4, 0.5) is 0 Å². The van der Waals surface area contributed by atoms with Crippen LogP contribution in [0.5, 0.6) is 0 Å². The van der Waals surface area contributed by atoms with E-state index in [1.165, 1.54) is 49.9 Å². The molecule has 0 saturated carbocycles. The molecule has 0 radical (unpaired) electrons. The summed E-state index contributed by atoms with van der Waals surface area (Å²) in [7, 11) is 0. The summed E-state index contributed by atoms with van der Waals surface area (Å²) >= 11 is 0. The Morgan fingerprint density at radius 1 is 1.20 bits per heavy atom. The molecular formula is C18H30N2. The van der Waals surface area contributed by atoms with Gasteiger partial charge in [0.1, 0.15) is 0 Å². The van der Waals surface area contributed by atoms with Crippen molar-refractivity contribution in [3.05, 3.63) is 35.4 Å². The van der Waals surface area contributed by atoms with Gasteiger partial charge in [0.15, 0.2) is 0 Å². The molecule has 1 fully saturated rings. The molecule has 0 bridgehead atoms. The molecule has 112 valence electrons. The molecule has 3 atom stereocenters. The van der Waals surface area contributed by atoms with Gasteiger partial charge in [0.05, 0.1) is 0 Å². The van der Waals surface area contributed by atoms with E-state index in [0.717, 1.165) is 5.92 Å². The smallest absolute Gasteiger partial charge is 0.0450 e. The lowest BCUT2D eigenvalue weighted by Gasteiger charge is -2.32. The Morgan fingerprint density at radius 2 is 1.90 bits per heavy atom. The molecule has 0 aromatic heterocycles. The number of aryl methyl sites for hydroxylation is 1. The van der Waals surface area contributed by atoms with Crippen molar-refractivity contribution in [3.63, 3.8) is 0 Å². The lowest BCUT2D eigenvalue weighted by atomic mass is 9.98. The zero-order chi connectivity index (χ0) is 14.5. The highest BCUT2D eigenvalue weighted by Gasteiger charge is 2.24. The van der Waals surface area contributed by atoms with E-state index in [2.05, 4.69) is 49.9 Å². The third-order valence-electron chi connectivity index (χ3n) is 5.02. The van der Waals surface area contributed by atoms with Crippen LogP contribution in [0.15, 0.2) is 24.3 Å². The van der Waals surface area contributed by atoms with Gasteiger partial charge in [-0.15, -0.1) is 0 Å². The molecule has 0 aliphatic carbocycles. The minimum Gasteiger partial charge on any atom is -0.323 e. The van der Waals surface area contributed by atoms with Crippen LogP contribution in [-0.4, -0.2) is 24.0 Å². The van der Waals surface area contributed by atoms with Gasteiger partial charge >= 0.3 is 0 Å². The van der Waals surface area contributed by atoms with Gasteiger partial charge in [-0.2, -0.15) is 0 Å². The Balaban J connectivity index is 1.99. The van der Waals surface area contributed by atoms with Gasteiger partial charge in [0.25, 0.3) is 0 Å². The zero-order valence-corrected chi connectivity index (χ0v) is 13.3. The number of likely N-dealkylation sites (tertiary alicyclic amines) is 1. The van der Waals surface area contributed by atoms with Gasteiger partial charge in [0, 0.05) is 12.1 Å². The zero-order valence-electron chi connectivity index (χ0n) is 13.3. The van der Waals surface area contributed by atoms with Crippen LogP contribution < -0.4 is 5.73 Å². The quantitative estimate of drug-likeness (QED) is 0.902. The van der Waals surface area contributed by atoms with E-state index < -0.39 is 0 Å². The largest absolute Gasteiger partial charge is 0.323 e. The van der Waals surface area contributed by atoms with Crippen molar-refractivity contribution in [1.29, 1.82) is 0 Å². The Kier molecular flexibility index (Phi) is 5.62. The van der Waals surface area contributed by atoms with E-state index in [1.54, 1.807) is 0 Å². The summed E-state index contributed by atoms with van der Waals surface area (Å²) in [5.41, 5.74) is 9.06. The molecule has 1 aromatic carbocycles. The van der Waals surface area contributed by atoms with E-state index in [0.29, 0.717) is 6.04 Å². The van der Waals surface area contributed by atoms with Crippen molar-refractivity contribution < 1.29 is 0 Å². The van der Waals surface area contributed by atoms with Gasteiger partial charge in [-0.25, -0.2) is 0 Å². The molecular weight excluding hydrogens is 244 g/mol. The summed E-state index contributed by atoms with van der Waals surface area (Å²) in [5, 5.41) is 0. The minimum atomic E-state index is 0.119. The van der Waals surface area contributed by atoms with E-state index in [9.17, 15) is 0 Å². The average molecular weight is 274 g/mol.